The number of nitriles is 1. The summed E-state index contributed by atoms with van der Waals surface area (Å²) in [5.74, 6) is 0.630. The van der Waals surface area contributed by atoms with Crippen LogP contribution < -0.4 is 5.32 Å². The Hall–Kier alpha value is -0.373. The summed E-state index contributed by atoms with van der Waals surface area (Å²) in [4.78, 5) is 2.56. The molecule has 4 heteroatoms. The Morgan fingerprint density at radius 2 is 2.10 bits per heavy atom. The van der Waals surface area contributed by atoms with Gasteiger partial charge in [-0.3, -0.25) is 4.90 Å². The number of hydrogen-bond donors (Lipinski definition) is 1. The van der Waals surface area contributed by atoms with E-state index in [2.05, 4.69) is 50.2 Å². The molecule has 1 heterocycles. The normalized spacial score (nSPS) is 23.4. The largest absolute Gasteiger partial charge is 0.304 e. The molecule has 0 radical (unpaired) electrons. The molecule has 0 spiro atoms. The molecule has 1 aliphatic heterocycles. The maximum atomic E-state index is 9.11. The van der Waals surface area contributed by atoms with E-state index in [9.17, 15) is 0 Å². The standard InChI is InChI=1S/C16H33N3Si/c1-7-9-16(3,4)20(5,6)15-18-10-8-11-19(15)13-14(2)12-17/h14-15,18H,7-11,13H2,1-6H3. The highest BCUT2D eigenvalue weighted by atomic mass is 28.3. The lowest BCUT2D eigenvalue weighted by atomic mass is 10.1. The van der Waals surface area contributed by atoms with Gasteiger partial charge in [0.15, 0.2) is 0 Å². The Morgan fingerprint density at radius 3 is 2.65 bits per heavy atom. The van der Waals surface area contributed by atoms with E-state index in [0.29, 0.717) is 10.8 Å². The van der Waals surface area contributed by atoms with Crippen LogP contribution in [0.5, 0.6) is 0 Å². The van der Waals surface area contributed by atoms with Crippen LogP contribution in [0, 0.1) is 17.2 Å². The molecule has 0 aromatic rings. The van der Waals surface area contributed by atoms with Gasteiger partial charge in [-0.05, 0) is 24.9 Å². The highest BCUT2D eigenvalue weighted by Crippen LogP contribution is 2.44. The third kappa shape index (κ3) is 3.84. The highest BCUT2D eigenvalue weighted by molar-refractivity contribution is 6.81. The fraction of sp³-hybridized carbons (Fsp3) is 0.938. The van der Waals surface area contributed by atoms with Crippen molar-refractivity contribution in [1.82, 2.24) is 10.2 Å². The summed E-state index contributed by atoms with van der Waals surface area (Å²) in [5.41, 5.74) is 0. The minimum absolute atomic E-state index is 0.122. The first-order valence-electron chi connectivity index (χ1n) is 8.13. The lowest BCUT2D eigenvalue weighted by Gasteiger charge is -2.52. The summed E-state index contributed by atoms with van der Waals surface area (Å²) in [5, 5.41) is 13.3. The molecule has 3 nitrogen and oxygen atoms in total. The minimum atomic E-state index is -1.49. The highest BCUT2D eigenvalue weighted by Gasteiger charge is 2.47. The Bertz CT molecular complexity index is 346. The van der Waals surface area contributed by atoms with Crippen LogP contribution in [0.2, 0.25) is 18.1 Å². The van der Waals surface area contributed by atoms with Crippen molar-refractivity contribution in [2.45, 2.75) is 70.9 Å². The lowest BCUT2D eigenvalue weighted by Crippen LogP contribution is -2.67. The van der Waals surface area contributed by atoms with Crippen LogP contribution in [0.25, 0.3) is 0 Å². The number of nitrogens with one attached hydrogen (secondary N) is 1. The molecule has 1 aliphatic rings. The molecule has 116 valence electrons. The van der Waals surface area contributed by atoms with E-state index in [1.165, 1.54) is 19.3 Å². The van der Waals surface area contributed by atoms with Crippen LogP contribution in [0.1, 0.15) is 47.0 Å². The van der Waals surface area contributed by atoms with Crippen molar-refractivity contribution in [3.05, 3.63) is 0 Å². The first-order valence-corrected chi connectivity index (χ1v) is 11.2. The monoisotopic (exact) mass is 295 g/mol. The van der Waals surface area contributed by atoms with Crippen LogP contribution in [-0.2, 0) is 0 Å². The average molecular weight is 296 g/mol. The van der Waals surface area contributed by atoms with Gasteiger partial charge in [-0.25, -0.2) is 0 Å². The number of rotatable bonds is 6. The molecule has 1 saturated heterocycles. The molecule has 20 heavy (non-hydrogen) atoms. The topological polar surface area (TPSA) is 39.1 Å². The van der Waals surface area contributed by atoms with Crippen molar-refractivity contribution in [3.63, 3.8) is 0 Å². The van der Waals surface area contributed by atoms with Gasteiger partial charge in [-0.2, -0.15) is 5.26 Å². The Morgan fingerprint density at radius 1 is 1.45 bits per heavy atom. The smallest absolute Gasteiger partial charge is 0.0904 e. The number of hydrogen-bond acceptors (Lipinski definition) is 3. The van der Waals surface area contributed by atoms with Gasteiger partial charge in [0.25, 0.3) is 0 Å². The van der Waals surface area contributed by atoms with Crippen molar-refractivity contribution in [1.29, 1.82) is 5.26 Å². The summed E-state index contributed by atoms with van der Waals surface area (Å²) < 4.78 is 0. The summed E-state index contributed by atoms with van der Waals surface area (Å²) in [6.45, 7) is 17.4. The molecule has 0 bridgehead atoms. The molecule has 1 rings (SSSR count). The quantitative estimate of drug-likeness (QED) is 0.761. The minimum Gasteiger partial charge on any atom is -0.304 e. The van der Waals surface area contributed by atoms with Crippen LogP contribution in [0.15, 0.2) is 0 Å². The van der Waals surface area contributed by atoms with Gasteiger partial charge in [0, 0.05) is 18.9 Å². The van der Waals surface area contributed by atoms with E-state index in [4.69, 9.17) is 5.26 Å². The first-order chi connectivity index (χ1) is 9.26. The maximum Gasteiger partial charge on any atom is 0.0904 e. The van der Waals surface area contributed by atoms with Gasteiger partial charge in [-0.1, -0.05) is 46.7 Å². The summed E-state index contributed by atoms with van der Waals surface area (Å²) in [7, 11) is -1.49. The predicted molar refractivity (Wildman–Crippen MR) is 89.2 cm³/mol. The molecule has 0 aliphatic carbocycles. The Balaban J connectivity index is 2.90. The third-order valence-electron chi connectivity index (χ3n) is 5.36. The van der Waals surface area contributed by atoms with E-state index in [1.807, 2.05) is 6.92 Å². The molecule has 0 aromatic heterocycles. The van der Waals surface area contributed by atoms with Crippen LogP contribution in [0.4, 0.5) is 0 Å². The molecule has 0 aromatic carbocycles. The fourth-order valence-electron chi connectivity index (χ4n) is 3.40. The molecule has 0 amide bonds. The van der Waals surface area contributed by atoms with E-state index >= 15 is 0 Å². The third-order valence-corrected chi connectivity index (χ3v) is 11.0. The second-order valence-electron chi connectivity index (χ2n) is 7.59. The second-order valence-corrected chi connectivity index (χ2v) is 12.9. The molecule has 0 saturated carbocycles. The van der Waals surface area contributed by atoms with E-state index in [-0.39, 0.29) is 5.92 Å². The van der Waals surface area contributed by atoms with Crippen LogP contribution in [0.3, 0.4) is 0 Å². The Labute approximate surface area is 126 Å². The molecular weight excluding hydrogens is 262 g/mol. The molecule has 1 N–H and O–H groups in total. The predicted octanol–water partition coefficient (Wildman–Crippen LogP) is 3.60. The van der Waals surface area contributed by atoms with Gasteiger partial charge < -0.3 is 5.32 Å². The van der Waals surface area contributed by atoms with E-state index < -0.39 is 8.07 Å². The summed E-state index contributed by atoms with van der Waals surface area (Å²) in [6.07, 6.45) is 3.75. The first kappa shape index (κ1) is 17.7. The average Bonchev–Trinajstić information content (AvgIpc) is 2.38. The van der Waals surface area contributed by atoms with Crippen molar-refractivity contribution in [3.8, 4) is 6.07 Å². The summed E-state index contributed by atoms with van der Waals surface area (Å²) >= 11 is 0. The van der Waals surface area contributed by atoms with Gasteiger partial charge in [0.2, 0.25) is 0 Å². The zero-order chi connectivity index (χ0) is 15.4. The summed E-state index contributed by atoms with van der Waals surface area (Å²) in [6, 6.07) is 2.39. The van der Waals surface area contributed by atoms with E-state index in [0.717, 1.165) is 19.6 Å². The molecule has 2 atom stereocenters. The van der Waals surface area contributed by atoms with Crippen molar-refractivity contribution >= 4 is 8.07 Å². The molecule has 1 fully saturated rings. The second kappa shape index (κ2) is 7.06. The fourth-order valence-corrected chi connectivity index (χ4v) is 6.83. The van der Waals surface area contributed by atoms with Crippen LogP contribution in [-0.4, -0.2) is 38.4 Å². The van der Waals surface area contributed by atoms with Gasteiger partial charge >= 0.3 is 0 Å². The lowest BCUT2D eigenvalue weighted by molar-refractivity contribution is 0.162. The zero-order valence-electron chi connectivity index (χ0n) is 14.3. The van der Waals surface area contributed by atoms with Gasteiger partial charge in [0.1, 0.15) is 0 Å². The maximum absolute atomic E-state index is 9.11. The Kier molecular flexibility index (Phi) is 6.24. The molecular formula is C16H33N3Si. The van der Waals surface area contributed by atoms with Crippen molar-refractivity contribution in [2.24, 2.45) is 5.92 Å². The van der Waals surface area contributed by atoms with Gasteiger partial charge in [-0.15, -0.1) is 0 Å². The van der Waals surface area contributed by atoms with Crippen molar-refractivity contribution < 1.29 is 0 Å². The molecule has 2 unspecified atom stereocenters. The van der Waals surface area contributed by atoms with Gasteiger partial charge in [0.05, 0.1) is 20.1 Å². The number of nitrogens with zero attached hydrogens (tertiary/aromatic N) is 2. The SMILES string of the molecule is CCCC(C)(C)[Si](C)(C)C1NCCCN1CC(C)C#N. The van der Waals surface area contributed by atoms with Crippen LogP contribution >= 0.6 is 0 Å². The van der Waals surface area contributed by atoms with E-state index in [1.54, 1.807) is 0 Å². The zero-order valence-corrected chi connectivity index (χ0v) is 15.3. The van der Waals surface area contributed by atoms with Crippen molar-refractivity contribution in [2.75, 3.05) is 19.6 Å².